The van der Waals surface area contributed by atoms with E-state index in [1.165, 1.54) is 6.08 Å². The molecule has 0 aliphatic carbocycles. The minimum Gasteiger partial charge on any atom is -0.444 e. The number of aromatic amines is 1. The second kappa shape index (κ2) is 10.2. The molecule has 5 N–H and O–H groups in total. The van der Waals surface area contributed by atoms with Crippen LogP contribution in [0.1, 0.15) is 40.5 Å². The van der Waals surface area contributed by atoms with Gasteiger partial charge in [-0.25, -0.2) is 9.18 Å². The Morgan fingerprint density at radius 3 is 2.70 bits per heavy atom. The van der Waals surface area contributed by atoms with Crippen LogP contribution >= 0.6 is 0 Å². The van der Waals surface area contributed by atoms with Crippen molar-refractivity contribution in [3.05, 3.63) is 11.9 Å². The van der Waals surface area contributed by atoms with Crippen molar-refractivity contribution in [3.63, 3.8) is 0 Å². The van der Waals surface area contributed by atoms with E-state index in [0.717, 1.165) is 0 Å². The molecule has 27 heavy (non-hydrogen) atoms. The van der Waals surface area contributed by atoms with Gasteiger partial charge in [0.15, 0.2) is 0 Å². The highest BCUT2D eigenvalue weighted by atomic mass is 19.1. The molecular weight excluding hydrogens is 359 g/mol. The molecule has 0 fully saturated rings. The molecule has 1 aromatic rings. The fourth-order valence-electron chi connectivity index (χ4n) is 1.80. The number of nitrogens with two attached hydrogens (primary N) is 1. The van der Waals surface area contributed by atoms with Crippen LogP contribution in [-0.4, -0.2) is 56.6 Å². The quantitative estimate of drug-likeness (QED) is 0.385. The Bertz CT molecular complexity index is 678. The molecule has 1 aromatic heterocycles. The van der Waals surface area contributed by atoms with Gasteiger partial charge >= 0.3 is 6.09 Å². The molecule has 1 rings (SSSR count). The summed E-state index contributed by atoms with van der Waals surface area (Å²) in [6.07, 6.45) is 0.786. The lowest BCUT2D eigenvalue weighted by Gasteiger charge is -2.22. The fourth-order valence-corrected chi connectivity index (χ4v) is 1.80. The summed E-state index contributed by atoms with van der Waals surface area (Å²) >= 11 is 0. The Balaban J connectivity index is 2.71. The van der Waals surface area contributed by atoms with Crippen molar-refractivity contribution in [2.75, 3.05) is 11.9 Å². The number of ether oxygens (including phenoxy) is 1. The Hall–Kier alpha value is -3.05. The highest BCUT2D eigenvalue weighted by Crippen LogP contribution is 2.10. The summed E-state index contributed by atoms with van der Waals surface area (Å²) in [6.45, 7) is 6.45. The van der Waals surface area contributed by atoms with Crippen molar-refractivity contribution in [2.24, 2.45) is 10.7 Å². The number of carbonyl (C=O) groups is 2. The van der Waals surface area contributed by atoms with Gasteiger partial charge in [-0.15, -0.1) is 5.10 Å². The van der Waals surface area contributed by atoms with E-state index in [2.05, 4.69) is 36.3 Å². The van der Waals surface area contributed by atoms with E-state index >= 15 is 0 Å². The van der Waals surface area contributed by atoms with Crippen LogP contribution in [0.5, 0.6) is 0 Å². The van der Waals surface area contributed by atoms with Crippen molar-refractivity contribution in [3.8, 4) is 0 Å². The van der Waals surface area contributed by atoms with Crippen LogP contribution in [0, 0.1) is 0 Å². The number of aliphatic imine (C=N–C) groups is 1. The van der Waals surface area contributed by atoms with E-state index in [9.17, 15) is 14.0 Å². The first-order valence-corrected chi connectivity index (χ1v) is 8.21. The molecular formula is C15H25FN8O3. The second-order valence-electron chi connectivity index (χ2n) is 6.61. The monoisotopic (exact) mass is 384 g/mol. The Morgan fingerprint density at radius 1 is 1.44 bits per heavy atom. The van der Waals surface area contributed by atoms with Crippen LogP contribution in [0.15, 0.2) is 16.9 Å². The number of nitrogens with zero attached hydrogens (tertiary/aromatic N) is 4. The first-order valence-electron chi connectivity index (χ1n) is 8.21. The minimum atomic E-state index is -0.998. The average molecular weight is 384 g/mol. The SMILES string of the molecule is CC(N)=NC/C(F)=C\CC[C@H](NC(=O)OC(C)(C)C)C(=O)Nc1nn[nH]n1. The number of nitrogens with one attached hydrogen (secondary N) is 3. The highest BCUT2D eigenvalue weighted by molar-refractivity contribution is 5.95. The molecule has 0 aromatic carbocycles. The van der Waals surface area contributed by atoms with Crippen LogP contribution in [-0.2, 0) is 9.53 Å². The summed E-state index contributed by atoms with van der Waals surface area (Å²) in [5.74, 6) is -0.866. The number of hydrogen-bond acceptors (Lipinski definition) is 7. The zero-order valence-corrected chi connectivity index (χ0v) is 15.7. The Kier molecular flexibility index (Phi) is 8.30. The molecule has 1 atom stereocenters. The molecule has 0 bridgehead atoms. The number of rotatable bonds is 8. The van der Waals surface area contributed by atoms with E-state index in [1.54, 1.807) is 27.7 Å². The Labute approximate surface area is 156 Å². The predicted octanol–water partition coefficient (Wildman–Crippen LogP) is 1.04. The number of carbonyl (C=O) groups excluding carboxylic acids is 2. The van der Waals surface area contributed by atoms with E-state index in [1.807, 2.05) is 0 Å². The smallest absolute Gasteiger partial charge is 0.408 e. The number of halogens is 1. The number of allylic oxidation sites excluding steroid dienone is 1. The number of H-pyrrole nitrogens is 1. The number of amidine groups is 1. The zero-order valence-electron chi connectivity index (χ0n) is 15.7. The van der Waals surface area contributed by atoms with Crippen molar-refractivity contribution in [2.45, 2.75) is 52.2 Å². The zero-order chi connectivity index (χ0) is 20.4. The fraction of sp³-hybridized carbons (Fsp3) is 0.600. The average Bonchev–Trinajstić information content (AvgIpc) is 3.03. The molecule has 0 aliphatic heterocycles. The maximum absolute atomic E-state index is 13.7. The molecule has 0 radical (unpaired) electrons. The molecule has 0 aliphatic rings. The lowest BCUT2D eigenvalue weighted by molar-refractivity contribution is -0.118. The summed E-state index contributed by atoms with van der Waals surface area (Å²) in [6, 6.07) is -0.998. The molecule has 11 nitrogen and oxygen atoms in total. The topological polar surface area (TPSA) is 160 Å². The molecule has 12 heteroatoms. The molecule has 0 saturated heterocycles. The number of hydrogen-bond donors (Lipinski definition) is 4. The number of alkyl carbamates (subject to hydrolysis) is 1. The summed E-state index contributed by atoms with van der Waals surface area (Å²) in [7, 11) is 0. The molecule has 0 unspecified atom stereocenters. The van der Waals surface area contributed by atoms with Gasteiger partial charge in [-0.3, -0.25) is 15.1 Å². The van der Waals surface area contributed by atoms with E-state index < -0.39 is 29.5 Å². The van der Waals surface area contributed by atoms with Crippen molar-refractivity contribution >= 4 is 23.8 Å². The largest absolute Gasteiger partial charge is 0.444 e. The number of aromatic nitrogens is 4. The van der Waals surface area contributed by atoms with Crippen LogP contribution in [0.4, 0.5) is 15.1 Å². The molecule has 2 amide bonds. The number of tetrazole rings is 1. The highest BCUT2D eigenvalue weighted by Gasteiger charge is 2.24. The molecule has 0 saturated carbocycles. The summed E-state index contributed by atoms with van der Waals surface area (Å²) in [4.78, 5) is 28.1. The minimum absolute atomic E-state index is 0.0505. The summed E-state index contributed by atoms with van der Waals surface area (Å²) in [5.41, 5.74) is 4.62. The van der Waals surface area contributed by atoms with E-state index in [4.69, 9.17) is 10.5 Å². The molecule has 1 heterocycles. The van der Waals surface area contributed by atoms with Crippen LogP contribution in [0.2, 0.25) is 0 Å². The number of anilines is 1. The van der Waals surface area contributed by atoms with Gasteiger partial charge in [-0.2, -0.15) is 5.21 Å². The van der Waals surface area contributed by atoms with Crippen molar-refractivity contribution < 1.29 is 18.7 Å². The van der Waals surface area contributed by atoms with Gasteiger partial charge in [0.2, 0.25) is 5.91 Å². The first kappa shape index (κ1) is 22.0. The summed E-state index contributed by atoms with van der Waals surface area (Å²) in [5, 5.41) is 17.6. The van der Waals surface area contributed by atoms with Crippen molar-refractivity contribution in [1.82, 2.24) is 25.9 Å². The number of amides is 2. The van der Waals surface area contributed by atoms with E-state index in [-0.39, 0.29) is 31.2 Å². The lowest BCUT2D eigenvalue weighted by atomic mass is 10.1. The maximum atomic E-state index is 13.7. The normalized spacial score (nSPS) is 13.8. The van der Waals surface area contributed by atoms with Gasteiger partial charge in [0.05, 0.1) is 12.4 Å². The molecule has 0 spiro atoms. The molecule has 150 valence electrons. The van der Waals surface area contributed by atoms with Gasteiger partial charge in [0.25, 0.3) is 5.95 Å². The summed E-state index contributed by atoms with van der Waals surface area (Å²) < 4.78 is 18.8. The standard InChI is InChI=1S/C15H25FN8O3/c1-9(17)18-8-10(16)6-5-7-11(19-14(26)27-15(2,3)4)12(25)20-13-21-23-24-22-13/h6,11H,5,7-8H2,1-4H3,(H2,17,18)(H,19,26)(H2,20,21,22,23,24,25)/b10-6+/t11-/m0/s1. The lowest BCUT2D eigenvalue weighted by Crippen LogP contribution is -2.45. The van der Waals surface area contributed by atoms with Gasteiger partial charge in [-0.1, -0.05) is 11.2 Å². The third-order valence-electron chi connectivity index (χ3n) is 2.89. The third-order valence-corrected chi connectivity index (χ3v) is 2.89. The van der Waals surface area contributed by atoms with E-state index in [0.29, 0.717) is 0 Å². The van der Waals surface area contributed by atoms with Crippen LogP contribution < -0.4 is 16.4 Å². The third kappa shape index (κ3) is 9.87. The van der Waals surface area contributed by atoms with Crippen LogP contribution in [0.3, 0.4) is 0 Å². The van der Waals surface area contributed by atoms with Gasteiger partial charge in [0.1, 0.15) is 17.5 Å². The van der Waals surface area contributed by atoms with Gasteiger partial charge < -0.3 is 15.8 Å². The van der Waals surface area contributed by atoms with Crippen LogP contribution in [0.25, 0.3) is 0 Å². The predicted molar refractivity (Wildman–Crippen MR) is 96.6 cm³/mol. The first-order chi connectivity index (χ1) is 12.6. The van der Waals surface area contributed by atoms with Gasteiger partial charge in [-0.05, 0) is 45.7 Å². The maximum Gasteiger partial charge on any atom is 0.408 e. The Morgan fingerprint density at radius 2 is 2.15 bits per heavy atom. The van der Waals surface area contributed by atoms with Gasteiger partial charge in [0, 0.05) is 0 Å². The van der Waals surface area contributed by atoms with Crippen molar-refractivity contribution in [1.29, 1.82) is 0 Å². The second-order valence-corrected chi connectivity index (χ2v) is 6.61.